The monoisotopic (exact) mass is 857 g/mol. The third-order valence-electron chi connectivity index (χ3n) is 14.2. The minimum Gasteiger partial charge on any atom is -0.491 e. The summed E-state index contributed by atoms with van der Waals surface area (Å²) in [5.41, 5.74) is 2.53. The van der Waals surface area contributed by atoms with Crippen LogP contribution in [0.25, 0.3) is 17.6 Å². The van der Waals surface area contributed by atoms with E-state index in [1.807, 2.05) is 38.1 Å². The van der Waals surface area contributed by atoms with Gasteiger partial charge in [0.2, 0.25) is 0 Å². The average molecular weight is 858 g/mol. The molecule has 4 aliphatic heterocycles. The van der Waals surface area contributed by atoms with Crippen LogP contribution in [0, 0.1) is 17.8 Å². The zero-order valence-electron chi connectivity index (χ0n) is 37.9. The second-order valence-corrected chi connectivity index (χ2v) is 19.3. The van der Waals surface area contributed by atoms with Gasteiger partial charge in [0.1, 0.15) is 46.5 Å². The van der Waals surface area contributed by atoms with E-state index in [1.165, 1.54) is 12.7 Å². The van der Waals surface area contributed by atoms with Gasteiger partial charge in [-0.1, -0.05) is 53.6 Å². The van der Waals surface area contributed by atoms with Gasteiger partial charge in [0.15, 0.2) is 22.8 Å². The topological polar surface area (TPSA) is 139 Å². The van der Waals surface area contributed by atoms with Crippen LogP contribution in [-0.4, -0.2) is 78.5 Å². The number of hydrogen-bond donors (Lipinski definition) is 2. The number of carbonyl (C=O) groups is 3. The summed E-state index contributed by atoms with van der Waals surface area (Å²) in [6.07, 6.45) is 12.7. The lowest BCUT2D eigenvalue weighted by molar-refractivity contribution is -0.181. The summed E-state index contributed by atoms with van der Waals surface area (Å²) in [6, 6.07) is 7.47. The Morgan fingerprint density at radius 2 is 1.70 bits per heavy atom. The van der Waals surface area contributed by atoms with Crippen molar-refractivity contribution in [2.24, 2.45) is 17.8 Å². The van der Waals surface area contributed by atoms with E-state index in [2.05, 4.69) is 64.2 Å². The number of carbonyl (C=O) groups excluding carboxylic acids is 3. The summed E-state index contributed by atoms with van der Waals surface area (Å²) < 4.78 is 41.6. The summed E-state index contributed by atoms with van der Waals surface area (Å²) in [5, 5.41) is 12.8. The number of aliphatic hydroxyl groups excluding tert-OH is 1. The molecule has 11 nitrogen and oxygen atoms in total. The van der Waals surface area contributed by atoms with Gasteiger partial charge < -0.3 is 38.8 Å². The Morgan fingerprint density at radius 1 is 0.952 bits per heavy atom. The first kappa shape index (κ1) is 43.0. The number of ketones is 2. The Labute approximate surface area is 369 Å². The zero-order chi connectivity index (χ0) is 44.8. The number of allylic oxidation sites excluding steroid dienone is 5. The molecule has 6 unspecified atom stereocenters. The summed E-state index contributed by atoms with van der Waals surface area (Å²) >= 11 is 0. The minimum atomic E-state index is -1.61. The molecule has 10 rings (SSSR count). The maximum Gasteiger partial charge on any atom is 0.333 e. The number of ether oxygens (including phenoxy) is 6. The molecule has 0 amide bonds. The normalized spacial score (nSPS) is 28.5. The number of hydrogen-bond acceptors (Lipinski definition) is 11. The second kappa shape index (κ2) is 15.5. The van der Waals surface area contributed by atoms with E-state index in [9.17, 15) is 14.7 Å². The van der Waals surface area contributed by atoms with Crippen LogP contribution in [0.1, 0.15) is 114 Å². The molecule has 8 aliphatic rings. The molecule has 3 saturated carbocycles. The largest absolute Gasteiger partial charge is 0.491 e. The Bertz CT molecular complexity index is 2530. The Kier molecular flexibility index (Phi) is 10.6. The van der Waals surface area contributed by atoms with Crippen molar-refractivity contribution in [2.75, 3.05) is 33.4 Å². The van der Waals surface area contributed by atoms with Gasteiger partial charge in [0.05, 0.1) is 30.5 Å². The van der Waals surface area contributed by atoms with Crippen LogP contribution in [0.2, 0.25) is 0 Å². The molecular formula is C52H59NO10. The van der Waals surface area contributed by atoms with Gasteiger partial charge in [-0.25, -0.2) is 4.79 Å². The van der Waals surface area contributed by atoms with E-state index in [1.54, 1.807) is 13.0 Å². The highest BCUT2D eigenvalue weighted by Crippen LogP contribution is 2.75. The molecule has 4 fully saturated rings. The minimum absolute atomic E-state index is 0.0135. The SMILES string of the molecule is COC(=O)C(C)=CCC12OC(C)(C)C3CC(C1=O)C1C4=C(OC5=C1C32Oc1c(CC=C(C)C)c2c(c(OCCNCCO)c15)C=CC(C)(CCC=C(C)C)O2)c1ccccc1C4=O. The van der Waals surface area contributed by atoms with Crippen LogP contribution in [0.15, 0.2) is 76.4 Å². The first-order chi connectivity index (χ1) is 30.0. The lowest BCUT2D eigenvalue weighted by atomic mass is 9.45. The van der Waals surface area contributed by atoms with Gasteiger partial charge in [0.25, 0.3) is 0 Å². The molecule has 2 aromatic carbocycles. The summed E-state index contributed by atoms with van der Waals surface area (Å²) in [6.45, 7) is 17.2. The van der Waals surface area contributed by atoms with E-state index in [4.69, 9.17) is 28.4 Å². The molecule has 4 aliphatic carbocycles. The Hall–Kier alpha value is -5.23. The maximum absolute atomic E-state index is 15.8. The van der Waals surface area contributed by atoms with Crippen LogP contribution in [0.3, 0.4) is 0 Å². The van der Waals surface area contributed by atoms with Crippen molar-refractivity contribution in [3.05, 3.63) is 104 Å². The summed E-state index contributed by atoms with van der Waals surface area (Å²) in [5.74, 6) is 0.0384. The lowest BCUT2D eigenvalue weighted by Gasteiger charge is -2.62. The Morgan fingerprint density at radius 3 is 2.41 bits per heavy atom. The molecule has 11 heteroatoms. The quantitative estimate of drug-likeness (QED) is 0.0820. The van der Waals surface area contributed by atoms with Crippen LogP contribution >= 0.6 is 0 Å². The predicted molar refractivity (Wildman–Crippen MR) is 239 cm³/mol. The van der Waals surface area contributed by atoms with Gasteiger partial charge >= 0.3 is 5.97 Å². The molecule has 2 N–H and O–H groups in total. The molecular weight excluding hydrogens is 799 g/mol. The third kappa shape index (κ3) is 6.35. The maximum atomic E-state index is 15.8. The molecule has 6 atom stereocenters. The fourth-order valence-electron chi connectivity index (χ4n) is 11.4. The number of benzene rings is 2. The van der Waals surface area contributed by atoms with E-state index in [-0.39, 0.29) is 37.1 Å². The third-order valence-corrected chi connectivity index (χ3v) is 14.2. The van der Waals surface area contributed by atoms with Crippen molar-refractivity contribution in [1.29, 1.82) is 0 Å². The van der Waals surface area contributed by atoms with Crippen molar-refractivity contribution in [1.82, 2.24) is 5.32 Å². The molecule has 1 spiro atoms. The number of aliphatic hydroxyl groups is 1. The van der Waals surface area contributed by atoms with E-state index >= 15 is 4.79 Å². The first-order valence-corrected chi connectivity index (χ1v) is 22.4. The van der Waals surface area contributed by atoms with Crippen molar-refractivity contribution in [2.45, 2.75) is 110 Å². The zero-order valence-corrected chi connectivity index (χ0v) is 37.9. The highest BCUT2D eigenvalue weighted by Gasteiger charge is 2.84. The molecule has 0 aromatic heterocycles. The fraction of sp³-hybridized carbons (Fsp3) is 0.481. The van der Waals surface area contributed by atoms with Crippen LogP contribution < -0.4 is 19.5 Å². The fourth-order valence-corrected chi connectivity index (χ4v) is 11.4. The van der Waals surface area contributed by atoms with Crippen molar-refractivity contribution < 1.29 is 47.9 Å². The average Bonchev–Trinajstić information content (AvgIpc) is 3.61. The number of rotatable bonds is 14. The van der Waals surface area contributed by atoms with E-state index in [0.29, 0.717) is 88.1 Å². The van der Waals surface area contributed by atoms with Gasteiger partial charge in [-0.3, -0.25) is 9.59 Å². The summed E-state index contributed by atoms with van der Waals surface area (Å²) in [4.78, 5) is 43.4. The van der Waals surface area contributed by atoms with Crippen molar-refractivity contribution in [3.63, 3.8) is 0 Å². The molecule has 63 heavy (non-hydrogen) atoms. The van der Waals surface area contributed by atoms with Crippen molar-refractivity contribution in [3.8, 4) is 17.2 Å². The number of fused-ring (bicyclic) bond motifs is 5. The van der Waals surface area contributed by atoms with Gasteiger partial charge in [-0.2, -0.15) is 0 Å². The summed E-state index contributed by atoms with van der Waals surface area (Å²) in [7, 11) is 1.33. The highest BCUT2D eigenvalue weighted by atomic mass is 16.6. The molecule has 4 bridgehead atoms. The second-order valence-electron chi connectivity index (χ2n) is 19.3. The van der Waals surface area contributed by atoms with Gasteiger partial charge in [0, 0.05) is 65.1 Å². The lowest BCUT2D eigenvalue weighted by Crippen LogP contribution is -2.75. The first-order valence-electron chi connectivity index (χ1n) is 22.4. The molecule has 2 aromatic rings. The van der Waals surface area contributed by atoms with E-state index in [0.717, 1.165) is 29.5 Å². The number of methoxy groups -OCH3 is 1. The molecule has 4 heterocycles. The van der Waals surface area contributed by atoms with Gasteiger partial charge in [-0.15, -0.1) is 0 Å². The smallest absolute Gasteiger partial charge is 0.333 e. The number of nitrogens with one attached hydrogen (secondary N) is 1. The van der Waals surface area contributed by atoms with E-state index < -0.39 is 40.2 Å². The molecule has 1 saturated heterocycles. The highest BCUT2D eigenvalue weighted by molar-refractivity contribution is 6.22. The van der Waals surface area contributed by atoms with Crippen LogP contribution in [0.5, 0.6) is 17.2 Å². The number of esters is 1. The number of Topliss-reactive ketones (excluding diaryl/α,β-unsaturated/α-hetero) is 2. The van der Waals surface area contributed by atoms with Crippen molar-refractivity contribution >= 4 is 35.1 Å². The van der Waals surface area contributed by atoms with Gasteiger partial charge in [-0.05, 0) is 93.2 Å². The molecule has 332 valence electrons. The Balaban J connectivity index is 1.36. The standard InChI is InChI=1S/C52H59NO10/c1-28(2)13-12-20-50(8)21-19-34-42(61-50)33(17-16-29(3)4)45-39(43(34)59-26-24-53-23-25-54)46-40-37(38-41(55)31-14-10-11-15-32(31)44(38)60-46)35-27-36-49(6,7)63-51(47(35)56,52(36,40)62-45)22-18-30(5)48(57)58-9/h10-11,13-16,18-19,21,35-37,53-54H,12,17,20,22-27H2,1-9H3. The molecule has 0 radical (unpaired) electrons. The van der Waals surface area contributed by atoms with Crippen LogP contribution in [0.4, 0.5) is 0 Å². The van der Waals surface area contributed by atoms with Crippen LogP contribution in [-0.2, 0) is 30.2 Å². The predicted octanol–water partition coefficient (Wildman–Crippen LogP) is 8.44.